The van der Waals surface area contributed by atoms with Crippen LogP contribution in [0.2, 0.25) is 0 Å². The number of hydrazone groups is 1. The number of nitro benzene ring substituents is 1. The number of non-ortho nitro benzene ring substituents is 1. The molecule has 2 aromatic rings. The first-order valence-corrected chi connectivity index (χ1v) is 8.71. The van der Waals surface area contributed by atoms with Crippen LogP contribution in [0.1, 0.15) is 36.5 Å². The highest BCUT2D eigenvalue weighted by atomic mass is 16.6. The predicted molar refractivity (Wildman–Crippen MR) is 107 cm³/mol. The van der Waals surface area contributed by atoms with Crippen molar-refractivity contribution >= 4 is 28.9 Å². The van der Waals surface area contributed by atoms with E-state index in [4.69, 9.17) is 0 Å². The summed E-state index contributed by atoms with van der Waals surface area (Å²) in [5.74, 6) is -0.643. The molecule has 2 amide bonds. The third-order valence-electron chi connectivity index (χ3n) is 4.08. The van der Waals surface area contributed by atoms with Crippen LogP contribution in [0.3, 0.4) is 0 Å². The van der Waals surface area contributed by atoms with Gasteiger partial charge in [0.05, 0.1) is 10.6 Å². The van der Waals surface area contributed by atoms with Crippen LogP contribution in [-0.2, 0) is 9.59 Å². The molecule has 146 valence electrons. The van der Waals surface area contributed by atoms with E-state index in [9.17, 15) is 19.7 Å². The van der Waals surface area contributed by atoms with Gasteiger partial charge in [0.15, 0.2) is 0 Å². The molecule has 8 heteroatoms. The monoisotopic (exact) mass is 382 g/mol. The van der Waals surface area contributed by atoms with Crippen LogP contribution in [0, 0.1) is 24.0 Å². The molecule has 0 unspecified atom stereocenters. The Morgan fingerprint density at radius 3 is 2.29 bits per heavy atom. The molecule has 8 nitrogen and oxygen atoms in total. The molecule has 2 rings (SSSR count). The number of aryl methyl sites for hydroxylation is 2. The van der Waals surface area contributed by atoms with Crippen LogP contribution in [0.4, 0.5) is 11.4 Å². The minimum absolute atomic E-state index is 0.00617. The van der Waals surface area contributed by atoms with Crippen molar-refractivity contribution < 1.29 is 14.5 Å². The maximum absolute atomic E-state index is 12.0. The lowest BCUT2D eigenvalue weighted by atomic mass is 10.1. The Bertz CT molecular complexity index is 920. The summed E-state index contributed by atoms with van der Waals surface area (Å²) in [5, 5.41) is 17.4. The number of rotatable bonds is 7. The minimum atomic E-state index is -0.485. The third-order valence-corrected chi connectivity index (χ3v) is 4.08. The first-order valence-electron chi connectivity index (χ1n) is 8.71. The zero-order valence-corrected chi connectivity index (χ0v) is 16.0. The zero-order valence-electron chi connectivity index (χ0n) is 16.0. The molecule has 0 radical (unpaired) electrons. The van der Waals surface area contributed by atoms with Gasteiger partial charge >= 0.3 is 0 Å². The van der Waals surface area contributed by atoms with Gasteiger partial charge in [-0.25, -0.2) is 5.43 Å². The lowest BCUT2D eigenvalue weighted by molar-refractivity contribution is -0.384. The quantitative estimate of drug-likeness (QED) is 0.433. The molecule has 0 fully saturated rings. The maximum Gasteiger partial charge on any atom is 0.269 e. The highest BCUT2D eigenvalue weighted by molar-refractivity contribution is 5.99. The summed E-state index contributed by atoms with van der Waals surface area (Å²) >= 11 is 0. The normalized spacial score (nSPS) is 11.0. The summed E-state index contributed by atoms with van der Waals surface area (Å²) in [6.07, 6.45) is 0.0268. The first-order chi connectivity index (χ1) is 13.3. The largest absolute Gasteiger partial charge is 0.326 e. The van der Waals surface area contributed by atoms with Gasteiger partial charge < -0.3 is 5.32 Å². The van der Waals surface area contributed by atoms with Crippen molar-refractivity contribution in [1.82, 2.24) is 5.43 Å². The Morgan fingerprint density at radius 2 is 1.68 bits per heavy atom. The second-order valence-corrected chi connectivity index (χ2v) is 6.40. The smallest absolute Gasteiger partial charge is 0.269 e. The van der Waals surface area contributed by atoms with Gasteiger partial charge in [0, 0.05) is 30.7 Å². The molecule has 0 spiro atoms. The van der Waals surface area contributed by atoms with Crippen molar-refractivity contribution in [3.05, 3.63) is 69.3 Å². The van der Waals surface area contributed by atoms with Gasteiger partial charge in [-0.1, -0.05) is 17.7 Å². The van der Waals surface area contributed by atoms with Crippen LogP contribution >= 0.6 is 0 Å². The maximum atomic E-state index is 12.0. The topological polar surface area (TPSA) is 114 Å². The lowest BCUT2D eigenvalue weighted by Gasteiger charge is -2.09. The minimum Gasteiger partial charge on any atom is -0.326 e. The summed E-state index contributed by atoms with van der Waals surface area (Å²) in [7, 11) is 0. The van der Waals surface area contributed by atoms with Crippen molar-refractivity contribution in [3.8, 4) is 0 Å². The van der Waals surface area contributed by atoms with E-state index in [1.54, 1.807) is 19.1 Å². The van der Waals surface area contributed by atoms with E-state index in [0.717, 1.165) is 16.8 Å². The Morgan fingerprint density at radius 1 is 1.04 bits per heavy atom. The molecule has 0 saturated heterocycles. The van der Waals surface area contributed by atoms with E-state index < -0.39 is 10.8 Å². The highest BCUT2D eigenvalue weighted by Crippen LogP contribution is 2.16. The number of benzene rings is 2. The summed E-state index contributed by atoms with van der Waals surface area (Å²) in [5.41, 5.74) is 6.32. The lowest BCUT2D eigenvalue weighted by Crippen LogP contribution is -2.22. The van der Waals surface area contributed by atoms with Gasteiger partial charge in [-0.2, -0.15) is 5.10 Å². The van der Waals surface area contributed by atoms with Gasteiger partial charge in [-0.05, 0) is 50.1 Å². The number of nitrogens with zero attached hydrogens (tertiary/aromatic N) is 2. The van der Waals surface area contributed by atoms with Gasteiger partial charge in [-0.3, -0.25) is 19.7 Å². The van der Waals surface area contributed by atoms with Crippen LogP contribution in [0.15, 0.2) is 47.6 Å². The Hall–Kier alpha value is -3.55. The molecule has 0 aliphatic carbocycles. The average Bonchev–Trinajstić information content (AvgIpc) is 2.66. The molecule has 0 aliphatic rings. The van der Waals surface area contributed by atoms with Crippen molar-refractivity contribution in [3.63, 3.8) is 0 Å². The molecular weight excluding hydrogens is 360 g/mol. The molecule has 0 heterocycles. The van der Waals surface area contributed by atoms with E-state index >= 15 is 0 Å². The Kier molecular flexibility index (Phi) is 6.97. The Labute approximate surface area is 162 Å². The van der Waals surface area contributed by atoms with Crippen molar-refractivity contribution in [2.75, 3.05) is 5.32 Å². The number of nitrogens with one attached hydrogen (secondary N) is 2. The zero-order chi connectivity index (χ0) is 20.7. The number of anilines is 1. The second kappa shape index (κ2) is 9.40. The number of hydrogen-bond acceptors (Lipinski definition) is 5. The molecule has 0 atom stereocenters. The molecular formula is C20H22N4O4. The van der Waals surface area contributed by atoms with Crippen LogP contribution in [0.5, 0.6) is 0 Å². The van der Waals surface area contributed by atoms with E-state index in [1.165, 1.54) is 12.1 Å². The van der Waals surface area contributed by atoms with Crippen LogP contribution < -0.4 is 10.7 Å². The molecule has 0 aromatic heterocycles. The van der Waals surface area contributed by atoms with E-state index in [0.29, 0.717) is 11.3 Å². The fraction of sp³-hybridized carbons (Fsp3) is 0.250. The van der Waals surface area contributed by atoms with E-state index in [-0.39, 0.29) is 24.4 Å². The predicted octanol–water partition coefficient (Wildman–Crippen LogP) is 3.47. The van der Waals surface area contributed by atoms with E-state index in [2.05, 4.69) is 15.8 Å². The molecule has 2 N–H and O–H groups in total. The fourth-order valence-corrected chi connectivity index (χ4v) is 2.48. The molecule has 0 saturated carbocycles. The SMILES string of the molecule is C/C(=N/NC(=O)CCC(=O)Nc1ccc(C)cc1C)c1ccc([N+](=O)[O-])cc1. The van der Waals surface area contributed by atoms with Crippen molar-refractivity contribution in [2.45, 2.75) is 33.6 Å². The standard InChI is InChI=1S/C20H22N4O4/c1-13-4-9-18(14(2)12-13)21-19(25)10-11-20(26)23-22-15(3)16-5-7-17(8-6-16)24(27)28/h4-9,12H,10-11H2,1-3H3,(H,21,25)(H,23,26)/b22-15-. The summed E-state index contributed by atoms with van der Waals surface area (Å²) < 4.78 is 0. The first kappa shape index (κ1) is 20.8. The molecule has 0 bridgehead atoms. The number of nitro groups is 1. The number of carbonyl (C=O) groups is 2. The van der Waals surface area contributed by atoms with Gasteiger partial charge in [0.25, 0.3) is 5.69 Å². The molecule has 0 aliphatic heterocycles. The number of hydrogen-bond donors (Lipinski definition) is 2. The summed E-state index contributed by atoms with van der Waals surface area (Å²) in [6, 6.07) is 11.6. The highest BCUT2D eigenvalue weighted by Gasteiger charge is 2.09. The van der Waals surface area contributed by atoms with Gasteiger partial charge in [-0.15, -0.1) is 0 Å². The fourth-order valence-electron chi connectivity index (χ4n) is 2.48. The average molecular weight is 382 g/mol. The summed E-state index contributed by atoms with van der Waals surface area (Å²) in [6.45, 7) is 5.56. The number of amides is 2. The van der Waals surface area contributed by atoms with Gasteiger partial charge in [0.1, 0.15) is 0 Å². The molecule has 28 heavy (non-hydrogen) atoms. The third kappa shape index (κ3) is 6.01. The molecule has 2 aromatic carbocycles. The van der Waals surface area contributed by atoms with Crippen LogP contribution in [-0.4, -0.2) is 22.4 Å². The van der Waals surface area contributed by atoms with Gasteiger partial charge in [0.2, 0.25) is 11.8 Å². The van der Waals surface area contributed by atoms with Crippen molar-refractivity contribution in [2.24, 2.45) is 5.10 Å². The Balaban J connectivity index is 1.83. The van der Waals surface area contributed by atoms with E-state index in [1.807, 2.05) is 32.0 Å². The van der Waals surface area contributed by atoms with Crippen LogP contribution in [0.25, 0.3) is 0 Å². The number of carbonyl (C=O) groups excluding carboxylic acids is 2. The summed E-state index contributed by atoms with van der Waals surface area (Å²) in [4.78, 5) is 34.1. The van der Waals surface area contributed by atoms with Crippen molar-refractivity contribution in [1.29, 1.82) is 0 Å². The second-order valence-electron chi connectivity index (χ2n) is 6.40.